The summed E-state index contributed by atoms with van der Waals surface area (Å²) in [6, 6.07) is 0. The number of carbonyl (C=O) groups is 1. The van der Waals surface area contributed by atoms with E-state index < -0.39 is 0 Å². The highest BCUT2D eigenvalue weighted by Crippen LogP contribution is 2.13. The van der Waals surface area contributed by atoms with E-state index in [9.17, 15) is 4.79 Å². The molecule has 19 heavy (non-hydrogen) atoms. The number of nitrogens with zero attached hydrogens (tertiary/aromatic N) is 3. The van der Waals surface area contributed by atoms with E-state index in [0.717, 1.165) is 26.2 Å². The highest BCUT2D eigenvalue weighted by atomic mass is 32.1. The third-order valence-electron chi connectivity index (χ3n) is 2.99. The Hall–Kier alpha value is -1.25. The van der Waals surface area contributed by atoms with Crippen LogP contribution in [0.2, 0.25) is 0 Å². The maximum Gasteiger partial charge on any atom is 0.282 e. The van der Waals surface area contributed by atoms with Crippen LogP contribution in [0.1, 0.15) is 16.7 Å². The van der Waals surface area contributed by atoms with Gasteiger partial charge in [-0.3, -0.25) is 9.69 Å². The van der Waals surface area contributed by atoms with Gasteiger partial charge in [-0.15, -0.1) is 10.2 Å². The largest absolute Gasteiger partial charge is 0.374 e. The minimum Gasteiger partial charge on any atom is -0.374 e. The number of hydrogen-bond donors (Lipinski definition) is 2. The summed E-state index contributed by atoms with van der Waals surface area (Å²) >= 11 is 1.24. The predicted molar refractivity (Wildman–Crippen MR) is 73.6 cm³/mol. The van der Waals surface area contributed by atoms with Gasteiger partial charge < -0.3 is 15.4 Å². The summed E-state index contributed by atoms with van der Waals surface area (Å²) in [5.74, 6) is -0.198. The molecule has 1 aromatic heterocycles. The first-order valence-electron chi connectivity index (χ1n) is 6.36. The van der Waals surface area contributed by atoms with Crippen LogP contribution in [0.4, 0.5) is 5.13 Å². The Morgan fingerprint density at radius 1 is 1.58 bits per heavy atom. The summed E-state index contributed by atoms with van der Waals surface area (Å²) in [6.45, 7) is 6.18. The van der Waals surface area contributed by atoms with E-state index >= 15 is 0 Å². The second-order valence-electron chi connectivity index (χ2n) is 4.26. The minimum atomic E-state index is -0.198. The lowest BCUT2D eigenvalue weighted by atomic mass is 10.2. The minimum absolute atomic E-state index is 0.0503. The van der Waals surface area contributed by atoms with Gasteiger partial charge in [0.05, 0.1) is 12.7 Å². The number of rotatable bonds is 5. The van der Waals surface area contributed by atoms with E-state index in [1.807, 2.05) is 0 Å². The van der Waals surface area contributed by atoms with Crippen molar-refractivity contribution in [3.05, 3.63) is 5.01 Å². The van der Waals surface area contributed by atoms with Crippen molar-refractivity contribution in [1.82, 2.24) is 20.4 Å². The Labute approximate surface area is 116 Å². The average Bonchev–Trinajstić information content (AvgIpc) is 2.94. The zero-order valence-corrected chi connectivity index (χ0v) is 12.0. The molecule has 1 aliphatic rings. The zero-order valence-electron chi connectivity index (χ0n) is 11.2. The number of carbonyl (C=O) groups excluding carboxylic acids is 1. The Morgan fingerprint density at radius 2 is 2.42 bits per heavy atom. The summed E-state index contributed by atoms with van der Waals surface area (Å²) < 4.78 is 5.62. The van der Waals surface area contributed by atoms with E-state index in [1.54, 1.807) is 7.05 Å². The van der Waals surface area contributed by atoms with Crippen LogP contribution < -0.4 is 10.6 Å². The molecule has 1 saturated heterocycles. The van der Waals surface area contributed by atoms with Crippen LogP contribution in [-0.2, 0) is 4.74 Å². The molecular formula is C11H19N5O2S. The van der Waals surface area contributed by atoms with Crippen molar-refractivity contribution in [3.8, 4) is 0 Å². The molecule has 7 nitrogen and oxygen atoms in total. The molecule has 1 atom stereocenters. The molecule has 2 N–H and O–H groups in total. The Morgan fingerprint density at radius 3 is 3.11 bits per heavy atom. The zero-order chi connectivity index (χ0) is 13.7. The molecule has 1 fully saturated rings. The van der Waals surface area contributed by atoms with Crippen LogP contribution in [0, 0.1) is 0 Å². The normalized spacial score (nSPS) is 20.2. The number of aromatic nitrogens is 2. The van der Waals surface area contributed by atoms with Gasteiger partial charge in [-0.2, -0.15) is 0 Å². The van der Waals surface area contributed by atoms with Crippen molar-refractivity contribution in [3.63, 3.8) is 0 Å². The van der Waals surface area contributed by atoms with Gasteiger partial charge in [0.2, 0.25) is 10.1 Å². The highest BCUT2D eigenvalue weighted by molar-refractivity contribution is 7.17. The number of likely N-dealkylation sites (N-methyl/N-ethyl adjacent to an activating group) is 1. The molecule has 0 saturated carbocycles. The highest BCUT2D eigenvalue weighted by Gasteiger charge is 2.20. The van der Waals surface area contributed by atoms with Crippen molar-refractivity contribution in [1.29, 1.82) is 0 Å². The summed E-state index contributed by atoms with van der Waals surface area (Å²) in [6.07, 6.45) is 0.0503. The van der Waals surface area contributed by atoms with Gasteiger partial charge in [0.15, 0.2) is 0 Å². The van der Waals surface area contributed by atoms with Crippen molar-refractivity contribution in [2.24, 2.45) is 0 Å². The summed E-state index contributed by atoms with van der Waals surface area (Å²) in [7, 11) is 1.75. The van der Waals surface area contributed by atoms with Gasteiger partial charge >= 0.3 is 0 Å². The molecule has 1 amide bonds. The second kappa shape index (κ2) is 6.78. The first kappa shape index (κ1) is 14.2. The van der Waals surface area contributed by atoms with E-state index in [-0.39, 0.29) is 12.0 Å². The number of nitrogens with one attached hydrogen (secondary N) is 2. The van der Waals surface area contributed by atoms with Crippen molar-refractivity contribution < 1.29 is 9.53 Å². The fraction of sp³-hybridized carbons (Fsp3) is 0.727. The standard InChI is InChI=1S/C11H19N5O2S/c1-3-16-4-5-18-8(7-16)6-13-9(17)10-14-15-11(12-2)19-10/h8H,3-7H2,1-2H3,(H,12,15)(H,13,17). The number of morpholine rings is 1. The quantitative estimate of drug-likeness (QED) is 0.794. The number of amides is 1. The van der Waals surface area contributed by atoms with E-state index in [1.165, 1.54) is 11.3 Å². The van der Waals surface area contributed by atoms with Crippen LogP contribution in [0.15, 0.2) is 0 Å². The molecule has 2 heterocycles. The van der Waals surface area contributed by atoms with Crippen molar-refractivity contribution >= 4 is 22.4 Å². The molecule has 2 rings (SSSR count). The smallest absolute Gasteiger partial charge is 0.282 e. The third kappa shape index (κ3) is 3.85. The molecule has 0 radical (unpaired) electrons. The molecule has 0 aliphatic carbocycles. The third-order valence-corrected chi connectivity index (χ3v) is 3.93. The van der Waals surface area contributed by atoms with Gasteiger partial charge in [0.25, 0.3) is 5.91 Å². The molecule has 0 bridgehead atoms. The van der Waals surface area contributed by atoms with Crippen LogP contribution in [-0.4, -0.2) is 66.9 Å². The molecule has 0 aromatic carbocycles. The molecular weight excluding hydrogens is 266 g/mol. The second-order valence-corrected chi connectivity index (χ2v) is 5.24. The molecule has 106 valence electrons. The molecule has 1 unspecified atom stereocenters. The molecule has 1 aromatic rings. The van der Waals surface area contributed by atoms with Gasteiger partial charge in [0.1, 0.15) is 0 Å². The lowest BCUT2D eigenvalue weighted by Gasteiger charge is -2.31. The fourth-order valence-corrected chi connectivity index (χ4v) is 2.50. The Balaban J connectivity index is 1.79. The number of anilines is 1. The topological polar surface area (TPSA) is 79.4 Å². The Bertz CT molecular complexity index is 425. The Kier molecular flexibility index (Phi) is 5.06. The van der Waals surface area contributed by atoms with E-state index in [0.29, 0.717) is 16.7 Å². The van der Waals surface area contributed by atoms with Gasteiger partial charge in [0, 0.05) is 26.7 Å². The molecule has 0 spiro atoms. The lowest BCUT2D eigenvalue weighted by Crippen LogP contribution is -2.47. The first-order chi connectivity index (χ1) is 9.22. The van der Waals surface area contributed by atoms with Crippen LogP contribution >= 0.6 is 11.3 Å². The number of ether oxygens (including phenoxy) is 1. The molecule has 1 aliphatic heterocycles. The van der Waals surface area contributed by atoms with Gasteiger partial charge in [-0.25, -0.2) is 0 Å². The van der Waals surface area contributed by atoms with E-state index in [4.69, 9.17) is 4.74 Å². The van der Waals surface area contributed by atoms with Crippen LogP contribution in [0.25, 0.3) is 0 Å². The maximum atomic E-state index is 11.9. The molecule has 8 heteroatoms. The average molecular weight is 285 g/mol. The van der Waals surface area contributed by atoms with Crippen molar-refractivity contribution in [2.45, 2.75) is 13.0 Å². The van der Waals surface area contributed by atoms with Crippen LogP contribution in [0.3, 0.4) is 0 Å². The summed E-state index contributed by atoms with van der Waals surface area (Å²) in [4.78, 5) is 14.2. The van der Waals surface area contributed by atoms with E-state index in [2.05, 4.69) is 32.7 Å². The lowest BCUT2D eigenvalue weighted by molar-refractivity contribution is -0.0246. The summed E-state index contributed by atoms with van der Waals surface area (Å²) in [5.41, 5.74) is 0. The number of hydrogen-bond acceptors (Lipinski definition) is 7. The van der Waals surface area contributed by atoms with Crippen LogP contribution in [0.5, 0.6) is 0 Å². The first-order valence-corrected chi connectivity index (χ1v) is 7.18. The maximum absolute atomic E-state index is 11.9. The monoisotopic (exact) mass is 285 g/mol. The van der Waals surface area contributed by atoms with Crippen molar-refractivity contribution in [2.75, 3.05) is 45.2 Å². The fourth-order valence-electron chi connectivity index (χ4n) is 1.89. The van der Waals surface area contributed by atoms with Gasteiger partial charge in [-0.1, -0.05) is 18.3 Å². The summed E-state index contributed by atoms with van der Waals surface area (Å²) in [5, 5.41) is 14.4. The SMILES string of the molecule is CCN1CCOC(CNC(=O)c2nnc(NC)s2)C1. The van der Waals surface area contributed by atoms with Gasteiger partial charge in [-0.05, 0) is 6.54 Å². The predicted octanol–water partition coefficient (Wildman–Crippen LogP) is 0.0303.